The lowest BCUT2D eigenvalue weighted by molar-refractivity contribution is -0.121. The van der Waals surface area contributed by atoms with Crippen molar-refractivity contribution in [3.05, 3.63) is 34.7 Å². The Bertz CT molecular complexity index is 525. The van der Waals surface area contributed by atoms with Crippen LogP contribution in [0.4, 0.5) is 0 Å². The summed E-state index contributed by atoms with van der Waals surface area (Å²) in [5, 5.41) is 0. The number of hydrogen-bond acceptors (Lipinski definition) is 4. The van der Waals surface area contributed by atoms with Gasteiger partial charge in [0.1, 0.15) is 10.1 Å². The number of benzene rings is 1. The molecule has 0 atom stereocenters. The lowest BCUT2D eigenvalue weighted by Gasteiger charge is -2.09. The molecule has 0 radical (unpaired) electrons. The van der Waals surface area contributed by atoms with Crippen molar-refractivity contribution in [3.8, 4) is 5.75 Å². The molecule has 0 N–H and O–H groups in total. The number of likely N-dealkylation sites (N-methyl/N-ethyl adjacent to an activating group) is 1. The van der Waals surface area contributed by atoms with Gasteiger partial charge in [-0.3, -0.25) is 9.69 Å². The summed E-state index contributed by atoms with van der Waals surface area (Å²) in [6.07, 6.45) is 1.84. The van der Waals surface area contributed by atoms with Gasteiger partial charge in [-0.05, 0) is 30.7 Å². The van der Waals surface area contributed by atoms with E-state index in [9.17, 15) is 4.79 Å². The number of methoxy groups -OCH3 is 1. The van der Waals surface area contributed by atoms with Gasteiger partial charge in [-0.2, -0.15) is 0 Å². The van der Waals surface area contributed by atoms with Crippen LogP contribution in [0.25, 0.3) is 6.08 Å². The third-order valence-electron chi connectivity index (χ3n) is 2.58. The summed E-state index contributed by atoms with van der Waals surface area (Å²) in [4.78, 5) is 14.3. The van der Waals surface area contributed by atoms with Gasteiger partial charge < -0.3 is 4.74 Å². The number of carbonyl (C=O) groups excluding carboxylic acids is 1. The first-order valence-corrected chi connectivity index (χ1v) is 6.77. The lowest BCUT2D eigenvalue weighted by Crippen LogP contribution is -2.27. The van der Waals surface area contributed by atoms with Gasteiger partial charge in [-0.15, -0.1) is 0 Å². The van der Waals surface area contributed by atoms with Crippen LogP contribution in [0.15, 0.2) is 29.2 Å². The van der Waals surface area contributed by atoms with E-state index in [-0.39, 0.29) is 5.91 Å². The highest BCUT2D eigenvalue weighted by Crippen LogP contribution is 2.32. The molecule has 0 unspecified atom stereocenters. The number of amides is 1. The highest BCUT2D eigenvalue weighted by molar-refractivity contribution is 8.26. The van der Waals surface area contributed by atoms with Gasteiger partial charge in [0.05, 0.1) is 12.0 Å². The maximum absolute atomic E-state index is 12.0. The Kier molecular flexibility index (Phi) is 4.04. The van der Waals surface area contributed by atoms with E-state index in [1.807, 2.05) is 37.3 Å². The quantitative estimate of drug-likeness (QED) is 0.628. The number of carbonyl (C=O) groups is 1. The molecule has 0 saturated carbocycles. The minimum Gasteiger partial charge on any atom is -0.497 e. The Hall–Kier alpha value is -1.33. The van der Waals surface area contributed by atoms with Crippen molar-refractivity contribution < 1.29 is 9.53 Å². The Labute approximate surface area is 116 Å². The van der Waals surface area contributed by atoms with Crippen LogP contribution in [0.3, 0.4) is 0 Å². The summed E-state index contributed by atoms with van der Waals surface area (Å²) in [6, 6.07) is 7.58. The molecule has 1 aliphatic heterocycles. The van der Waals surface area contributed by atoms with Crippen LogP contribution in [0, 0.1) is 0 Å². The molecule has 1 fully saturated rings. The van der Waals surface area contributed by atoms with Crippen LogP contribution in [0.2, 0.25) is 0 Å². The molecule has 3 nitrogen and oxygen atoms in total. The number of thiocarbonyl (C=S) groups is 1. The molecule has 0 spiro atoms. The molecule has 1 amide bonds. The van der Waals surface area contributed by atoms with E-state index < -0.39 is 0 Å². The van der Waals surface area contributed by atoms with Crippen LogP contribution in [0.5, 0.6) is 5.75 Å². The monoisotopic (exact) mass is 279 g/mol. The van der Waals surface area contributed by atoms with Crippen molar-refractivity contribution in [2.75, 3.05) is 13.7 Å². The number of nitrogens with zero attached hydrogens (tertiary/aromatic N) is 1. The molecule has 1 saturated heterocycles. The Balaban J connectivity index is 2.28. The maximum atomic E-state index is 12.0. The zero-order valence-electron chi connectivity index (χ0n) is 10.2. The molecule has 94 valence electrons. The summed E-state index contributed by atoms with van der Waals surface area (Å²) < 4.78 is 5.77. The molecule has 0 aromatic heterocycles. The average Bonchev–Trinajstić information content (AvgIpc) is 2.64. The van der Waals surface area contributed by atoms with E-state index in [1.165, 1.54) is 11.8 Å². The third kappa shape index (κ3) is 2.57. The molecule has 1 aliphatic rings. The fourth-order valence-electron chi connectivity index (χ4n) is 1.66. The molecule has 1 aromatic carbocycles. The van der Waals surface area contributed by atoms with Crippen LogP contribution in [0.1, 0.15) is 12.5 Å². The number of hydrogen-bond donors (Lipinski definition) is 0. The highest BCUT2D eigenvalue weighted by Gasteiger charge is 2.30. The second-order valence-corrected chi connectivity index (χ2v) is 5.38. The van der Waals surface area contributed by atoms with Crippen molar-refractivity contribution in [1.82, 2.24) is 4.90 Å². The van der Waals surface area contributed by atoms with Crippen molar-refractivity contribution in [2.45, 2.75) is 6.92 Å². The van der Waals surface area contributed by atoms with Crippen molar-refractivity contribution in [1.29, 1.82) is 0 Å². The molecule has 5 heteroatoms. The second kappa shape index (κ2) is 5.54. The lowest BCUT2D eigenvalue weighted by atomic mass is 10.2. The molecule has 2 rings (SSSR count). The van der Waals surface area contributed by atoms with Crippen molar-refractivity contribution >= 4 is 40.3 Å². The van der Waals surface area contributed by atoms with Gasteiger partial charge in [0, 0.05) is 6.54 Å². The summed E-state index contributed by atoms with van der Waals surface area (Å²) in [5.74, 6) is 0.755. The summed E-state index contributed by atoms with van der Waals surface area (Å²) in [6.45, 7) is 2.53. The van der Waals surface area contributed by atoms with Crippen LogP contribution >= 0.6 is 24.0 Å². The van der Waals surface area contributed by atoms with Gasteiger partial charge in [-0.25, -0.2) is 0 Å². The molecule has 1 heterocycles. The summed E-state index contributed by atoms with van der Waals surface area (Å²) in [7, 11) is 1.62. The van der Waals surface area contributed by atoms with E-state index in [0.29, 0.717) is 15.8 Å². The maximum Gasteiger partial charge on any atom is 0.266 e. The molecule has 0 aliphatic carbocycles. The summed E-state index contributed by atoms with van der Waals surface area (Å²) in [5.41, 5.74) is 0.936. The molecule has 18 heavy (non-hydrogen) atoms. The smallest absolute Gasteiger partial charge is 0.266 e. The molecular formula is C13H13NO2S2. The largest absolute Gasteiger partial charge is 0.497 e. The van der Waals surface area contributed by atoms with Crippen LogP contribution in [-0.2, 0) is 4.79 Å². The zero-order chi connectivity index (χ0) is 13.1. The second-order valence-electron chi connectivity index (χ2n) is 3.70. The average molecular weight is 279 g/mol. The first kappa shape index (κ1) is 13.1. The number of ether oxygens (including phenoxy) is 1. The molecule has 1 aromatic rings. The van der Waals surface area contributed by atoms with Gasteiger partial charge in [-0.1, -0.05) is 36.1 Å². The van der Waals surface area contributed by atoms with Gasteiger partial charge in [0.25, 0.3) is 5.91 Å². The Morgan fingerprint density at radius 2 is 2.28 bits per heavy atom. The molecular weight excluding hydrogens is 266 g/mol. The Morgan fingerprint density at radius 3 is 2.89 bits per heavy atom. The topological polar surface area (TPSA) is 29.5 Å². The third-order valence-corrected chi connectivity index (χ3v) is 3.96. The van der Waals surface area contributed by atoms with Crippen molar-refractivity contribution in [2.24, 2.45) is 0 Å². The van der Waals surface area contributed by atoms with E-state index in [1.54, 1.807) is 12.0 Å². The SMILES string of the molecule is CCN1C(=O)/C(=C/c2cccc(OC)c2)SC1=S. The van der Waals surface area contributed by atoms with Gasteiger partial charge in [0.15, 0.2) is 0 Å². The number of rotatable bonds is 3. The predicted molar refractivity (Wildman–Crippen MR) is 78.5 cm³/mol. The standard InChI is InChI=1S/C13H13NO2S2/c1-3-14-12(15)11(18-13(14)17)8-9-5-4-6-10(7-9)16-2/h4-8H,3H2,1-2H3/b11-8-. The summed E-state index contributed by atoms with van der Waals surface area (Å²) >= 11 is 6.50. The van der Waals surface area contributed by atoms with Crippen LogP contribution < -0.4 is 4.74 Å². The van der Waals surface area contributed by atoms with Gasteiger partial charge in [0.2, 0.25) is 0 Å². The predicted octanol–water partition coefficient (Wildman–Crippen LogP) is 2.92. The van der Waals surface area contributed by atoms with E-state index in [0.717, 1.165) is 11.3 Å². The van der Waals surface area contributed by atoms with E-state index in [2.05, 4.69) is 0 Å². The normalized spacial score (nSPS) is 17.7. The minimum atomic E-state index is -0.0182. The van der Waals surface area contributed by atoms with Gasteiger partial charge >= 0.3 is 0 Å². The minimum absolute atomic E-state index is 0.0182. The fourth-order valence-corrected chi connectivity index (χ4v) is 3.04. The Morgan fingerprint density at radius 1 is 1.50 bits per heavy atom. The van der Waals surface area contributed by atoms with E-state index in [4.69, 9.17) is 17.0 Å². The first-order valence-electron chi connectivity index (χ1n) is 5.55. The number of thioether (sulfide) groups is 1. The van der Waals surface area contributed by atoms with Crippen LogP contribution in [-0.4, -0.2) is 28.8 Å². The van der Waals surface area contributed by atoms with Crippen molar-refractivity contribution in [3.63, 3.8) is 0 Å². The highest BCUT2D eigenvalue weighted by atomic mass is 32.2. The first-order chi connectivity index (χ1) is 8.65. The fraction of sp³-hybridized carbons (Fsp3) is 0.231. The molecule has 0 bridgehead atoms. The van der Waals surface area contributed by atoms with E-state index >= 15 is 0 Å². The zero-order valence-corrected chi connectivity index (χ0v) is 11.8.